The molecule has 0 aliphatic rings. The second-order valence-electron chi connectivity index (χ2n) is 6.88. The van der Waals surface area contributed by atoms with Crippen molar-refractivity contribution in [3.63, 3.8) is 0 Å². The van der Waals surface area contributed by atoms with Crippen LogP contribution in [0.1, 0.15) is 5.56 Å². The van der Waals surface area contributed by atoms with E-state index < -0.39 is 0 Å². The summed E-state index contributed by atoms with van der Waals surface area (Å²) in [7, 11) is 2.06. The monoisotopic (exact) mass is 365 g/mol. The zero-order chi connectivity index (χ0) is 18.9. The second kappa shape index (κ2) is 6.82. The Morgan fingerprint density at radius 3 is 2.43 bits per heavy atom. The molecule has 2 aromatic heterocycles. The van der Waals surface area contributed by atoms with Crippen molar-refractivity contribution in [1.29, 1.82) is 0 Å². The van der Waals surface area contributed by atoms with Crippen LogP contribution >= 0.6 is 0 Å². The third-order valence-corrected chi connectivity index (χ3v) is 4.85. The Hall–Kier alpha value is -3.66. The molecule has 0 atom stereocenters. The van der Waals surface area contributed by atoms with Crippen LogP contribution in [0.3, 0.4) is 0 Å². The minimum absolute atomic E-state index is 0.602. The van der Waals surface area contributed by atoms with Gasteiger partial charge in [-0.05, 0) is 29.8 Å². The number of nitrogens with zero attached hydrogens (tertiary/aromatic N) is 3. The lowest BCUT2D eigenvalue weighted by atomic mass is 10.2. The van der Waals surface area contributed by atoms with Crippen LogP contribution in [-0.4, -0.2) is 17.0 Å². The first kappa shape index (κ1) is 16.5. The highest BCUT2D eigenvalue weighted by Crippen LogP contribution is 2.30. The average Bonchev–Trinajstić information content (AvgIpc) is 3.18. The Morgan fingerprint density at radius 1 is 0.821 bits per heavy atom. The first-order valence-corrected chi connectivity index (χ1v) is 9.29. The van der Waals surface area contributed by atoms with Crippen LogP contribution in [0, 0.1) is 0 Å². The van der Waals surface area contributed by atoms with E-state index in [0.717, 1.165) is 34.2 Å². The minimum atomic E-state index is 0.602. The summed E-state index contributed by atoms with van der Waals surface area (Å²) in [5.41, 5.74) is 2.98. The lowest BCUT2D eigenvalue weighted by Crippen LogP contribution is -2.18. The number of para-hydroxylation sites is 2. The van der Waals surface area contributed by atoms with Crippen molar-refractivity contribution in [2.45, 2.75) is 6.54 Å². The van der Waals surface area contributed by atoms with Crippen molar-refractivity contribution in [1.82, 2.24) is 9.97 Å². The zero-order valence-corrected chi connectivity index (χ0v) is 15.5. The van der Waals surface area contributed by atoms with Gasteiger partial charge in [-0.2, -0.15) is 0 Å². The van der Waals surface area contributed by atoms with Gasteiger partial charge in [-0.25, -0.2) is 9.97 Å². The number of furan rings is 1. The SMILES string of the molecule is CN(Cc1ccccc1)c1nc(-c2cc3ccccc3o2)nc2ccccc12. The smallest absolute Gasteiger partial charge is 0.198 e. The van der Waals surface area contributed by atoms with Crippen molar-refractivity contribution in [3.05, 3.63) is 90.5 Å². The van der Waals surface area contributed by atoms with Crippen LogP contribution in [0.4, 0.5) is 5.82 Å². The van der Waals surface area contributed by atoms with Gasteiger partial charge in [0.2, 0.25) is 0 Å². The highest BCUT2D eigenvalue weighted by atomic mass is 16.3. The van der Waals surface area contributed by atoms with Crippen molar-refractivity contribution in [3.8, 4) is 11.6 Å². The second-order valence-corrected chi connectivity index (χ2v) is 6.88. The van der Waals surface area contributed by atoms with Gasteiger partial charge in [0, 0.05) is 24.4 Å². The van der Waals surface area contributed by atoms with Crippen LogP contribution in [0.2, 0.25) is 0 Å². The number of hydrogen-bond donors (Lipinski definition) is 0. The highest BCUT2D eigenvalue weighted by Gasteiger charge is 2.15. The number of fused-ring (bicyclic) bond motifs is 2. The Kier molecular flexibility index (Phi) is 4.02. The summed E-state index contributed by atoms with van der Waals surface area (Å²) >= 11 is 0. The summed E-state index contributed by atoms with van der Waals surface area (Å²) < 4.78 is 6.01. The molecule has 28 heavy (non-hydrogen) atoms. The highest BCUT2D eigenvalue weighted by molar-refractivity contribution is 5.91. The Morgan fingerprint density at radius 2 is 1.57 bits per heavy atom. The molecule has 0 saturated carbocycles. The zero-order valence-electron chi connectivity index (χ0n) is 15.5. The van der Waals surface area contributed by atoms with Gasteiger partial charge in [0.25, 0.3) is 0 Å². The van der Waals surface area contributed by atoms with E-state index in [0.29, 0.717) is 11.6 Å². The maximum atomic E-state index is 6.01. The topological polar surface area (TPSA) is 42.2 Å². The fourth-order valence-corrected chi connectivity index (χ4v) is 3.49. The number of hydrogen-bond acceptors (Lipinski definition) is 4. The molecule has 0 spiro atoms. The molecule has 5 rings (SSSR count). The van der Waals surface area contributed by atoms with Crippen LogP contribution in [0.15, 0.2) is 89.3 Å². The number of anilines is 1. The molecular formula is C24H19N3O. The fourth-order valence-electron chi connectivity index (χ4n) is 3.49. The molecule has 4 nitrogen and oxygen atoms in total. The van der Waals surface area contributed by atoms with Crippen molar-refractivity contribution in [2.75, 3.05) is 11.9 Å². The van der Waals surface area contributed by atoms with E-state index in [2.05, 4.69) is 42.3 Å². The maximum Gasteiger partial charge on any atom is 0.198 e. The van der Waals surface area contributed by atoms with Gasteiger partial charge in [0.1, 0.15) is 11.4 Å². The molecule has 0 fully saturated rings. The number of benzene rings is 3. The Bertz CT molecular complexity index is 1230. The maximum absolute atomic E-state index is 6.01. The lowest BCUT2D eigenvalue weighted by molar-refractivity contribution is 0.625. The lowest BCUT2D eigenvalue weighted by Gasteiger charge is -2.20. The van der Waals surface area contributed by atoms with Crippen LogP contribution < -0.4 is 4.90 Å². The molecule has 4 heteroatoms. The van der Waals surface area contributed by atoms with Gasteiger partial charge in [-0.15, -0.1) is 0 Å². The van der Waals surface area contributed by atoms with Crippen LogP contribution in [0.25, 0.3) is 33.5 Å². The van der Waals surface area contributed by atoms with E-state index in [1.54, 1.807) is 0 Å². The van der Waals surface area contributed by atoms with Crippen molar-refractivity contribution >= 4 is 27.7 Å². The van der Waals surface area contributed by atoms with E-state index in [1.165, 1.54) is 5.56 Å². The van der Waals surface area contributed by atoms with Gasteiger partial charge < -0.3 is 9.32 Å². The van der Waals surface area contributed by atoms with E-state index >= 15 is 0 Å². The first-order valence-electron chi connectivity index (χ1n) is 9.29. The quantitative estimate of drug-likeness (QED) is 0.411. The average molecular weight is 365 g/mol. The van der Waals surface area contributed by atoms with Gasteiger partial charge in [0.15, 0.2) is 11.6 Å². The van der Waals surface area contributed by atoms with Crippen molar-refractivity contribution in [2.24, 2.45) is 0 Å². The van der Waals surface area contributed by atoms with E-state index in [-0.39, 0.29) is 0 Å². The Labute approximate surface area is 163 Å². The molecule has 0 radical (unpaired) electrons. The van der Waals surface area contributed by atoms with E-state index in [9.17, 15) is 0 Å². The molecule has 0 saturated heterocycles. The van der Waals surface area contributed by atoms with E-state index in [4.69, 9.17) is 14.4 Å². The van der Waals surface area contributed by atoms with Crippen molar-refractivity contribution < 1.29 is 4.42 Å². The molecular weight excluding hydrogens is 346 g/mol. The molecule has 2 heterocycles. The van der Waals surface area contributed by atoms with Gasteiger partial charge in [-0.1, -0.05) is 60.7 Å². The molecule has 5 aromatic rings. The summed E-state index contributed by atoms with van der Waals surface area (Å²) in [5.74, 6) is 2.18. The number of rotatable bonds is 4. The predicted octanol–water partition coefficient (Wildman–Crippen LogP) is 5.68. The minimum Gasteiger partial charge on any atom is -0.453 e. The normalized spacial score (nSPS) is 11.2. The van der Waals surface area contributed by atoms with E-state index in [1.807, 2.05) is 54.6 Å². The molecule has 0 bridgehead atoms. The fraction of sp³-hybridized carbons (Fsp3) is 0.0833. The largest absolute Gasteiger partial charge is 0.453 e. The summed E-state index contributed by atoms with van der Waals surface area (Å²) in [6, 6.07) is 28.5. The third-order valence-electron chi connectivity index (χ3n) is 4.85. The van der Waals surface area contributed by atoms with Crippen LogP contribution in [0.5, 0.6) is 0 Å². The molecule has 0 unspecified atom stereocenters. The molecule has 136 valence electrons. The van der Waals surface area contributed by atoms with Gasteiger partial charge >= 0.3 is 0 Å². The number of aromatic nitrogens is 2. The summed E-state index contributed by atoms with van der Waals surface area (Å²) in [5, 5.41) is 2.08. The first-order chi connectivity index (χ1) is 13.8. The molecule has 0 amide bonds. The van der Waals surface area contributed by atoms with Crippen LogP contribution in [-0.2, 0) is 6.54 Å². The Balaban J connectivity index is 1.63. The standard InChI is InChI=1S/C24H19N3O/c1-27(16-17-9-3-2-4-10-17)24-19-12-6-7-13-20(19)25-23(26-24)22-15-18-11-5-8-14-21(18)28-22/h2-15H,16H2,1H3. The van der Waals surface area contributed by atoms with Gasteiger partial charge in [0.05, 0.1) is 5.52 Å². The molecule has 0 N–H and O–H groups in total. The van der Waals surface area contributed by atoms with Gasteiger partial charge in [-0.3, -0.25) is 0 Å². The summed E-state index contributed by atoms with van der Waals surface area (Å²) in [6.07, 6.45) is 0. The summed E-state index contributed by atoms with van der Waals surface area (Å²) in [6.45, 7) is 0.765. The molecule has 3 aromatic carbocycles. The molecule has 0 aliphatic heterocycles. The predicted molar refractivity (Wildman–Crippen MR) is 113 cm³/mol. The summed E-state index contributed by atoms with van der Waals surface area (Å²) in [4.78, 5) is 11.8. The third kappa shape index (κ3) is 2.99. The molecule has 0 aliphatic carbocycles.